The van der Waals surface area contributed by atoms with Gasteiger partial charge in [0.05, 0.1) is 24.3 Å². The summed E-state index contributed by atoms with van der Waals surface area (Å²) >= 11 is 0. The molecule has 1 aromatic rings. The fourth-order valence-electron chi connectivity index (χ4n) is 1.81. The quantitative estimate of drug-likeness (QED) is 0.363. The lowest BCUT2D eigenvalue weighted by Gasteiger charge is -2.36. The molecule has 0 unspecified atom stereocenters. The number of hydrogen-bond acceptors (Lipinski definition) is 13. The molecule has 14 nitrogen and oxygen atoms in total. The van der Waals surface area contributed by atoms with Crippen LogP contribution in [0.2, 0.25) is 0 Å². The molecule has 1 rings (SSSR count). The first-order chi connectivity index (χ1) is 12.8. The Balaban J connectivity index is 3.75. The Morgan fingerprint density at radius 3 is 1.48 bits per heavy atom. The fraction of sp³-hybridized carbons (Fsp3) is 0.300. The van der Waals surface area contributed by atoms with E-state index >= 15 is 0 Å². The highest BCUT2D eigenvalue weighted by Gasteiger charge is 2.47. The van der Waals surface area contributed by atoms with Gasteiger partial charge in [0.15, 0.2) is 0 Å². The molecule has 0 aromatic heterocycles. The predicted molar refractivity (Wildman–Crippen MR) is 95.2 cm³/mol. The Kier molecular flexibility index (Phi) is 7.24. The fourth-order valence-corrected chi connectivity index (χ4v) is 4.94. The highest BCUT2D eigenvalue weighted by atomic mass is 32.2. The summed E-state index contributed by atoms with van der Waals surface area (Å²) in [4.78, 5) is 10.1. The molecule has 0 aliphatic rings. The minimum absolute atomic E-state index is 0.280. The Hall–Kier alpha value is -1.61. The first kappa shape index (κ1) is 25.4. The van der Waals surface area contributed by atoms with Crippen molar-refractivity contribution in [3.05, 3.63) is 29.8 Å². The number of rotatable bonds is 10. The van der Waals surface area contributed by atoms with Crippen LogP contribution in [0.1, 0.15) is 10.4 Å². The van der Waals surface area contributed by atoms with Gasteiger partial charge in [0.25, 0.3) is 10.1 Å². The van der Waals surface area contributed by atoms with Crippen LogP contribution in [-0.2, 0) is 56.9 Å². The van der Waals surface area contributed by atoms with Gasteiger partial charge >= 0.3 is 12.9 Å². The van der Waals surface area contributed by atoms with Crippen LogP contribution in [0.3, 0.4) is 0 Å². The van der Waals surface area contributed by atoms with Crippen LogP contribution < -0.4 is 0 Å². The van der Waals surface area contributed by atoms with Gasteiger partial charge in [-0.05, 0) is 12.1 Å². The van der Waals surface area contributed by atoms with Crippen LogP contribution >= 0.6 is 0 Å². The molecule has 0 aliphatic carbocycles. The maximum Gasteiger partial charge on any atom is 0.586 e. The van der Waals surface area contributed by atoms with E-state index in [1.54, 1.807) is 0 Å². The van der Waals surface area contributed by atoms with E-state index in [1.165, 1.54) is 0 Å². The van der Waals surface area contributed by atoms with Gasteiger partial charge in [0, 0.05) is 0 Å². The van der Waals surface area contributed by atoms with Crippen LogP contribution in [0, 0.1) is 0 Å². The van der Waals surface area contributed by atoms with Crippen molar-refractivity contribution in [1.29, 1.82) is 0 Å². The summed E-state index contributed by atoms with van der Waals surface area (Å²) in [7, 11) is -20.0. The smallest absolute Gasteiger partial charge is 0.478 e. The Labute approximate surface area is 166 Å². The van der Waals surface area contributed by atoms with Crippen molar-refractivity contribution in [3.63, 3.8) is 0 Å². The molecule has 0 bridgehead atoms. The standard InChI is InChI=1S/C10H14BO14S4/c1-26(14,15)22-11(23-27(2,16)17,24-28(3,18)19)25-29(20,21)9-7-5-4-6-8(9)10(12)13/h4-7H,1-3H3,(H,12,13)/q-1. The van der Waals surface area contributed by atoms with E-state index in [-0.39, 0.29) is 18.8 Å². The van der Waals surface area contributed by atoms with E-state index in [9.17, 15) is 38.5 Å². The average Bonchev–Trinajstić information content (AvgIpc) is 2.40. The molecule has 0 heterocycles. The zero-order chi connectivity index (χ0) is 22.9. The lowest BCUT2D eigenvalue weighted by atomic mass is 10.1. The van der Waals surface area contributed by atoms with Crippen molar-refractivity contribution in [2.45, 2.75) is 4.90 Å². The summed E-state index contributed by atoms with van der Waals surface area (Å²) in [6.45, 7) is -5.08. The van der Waals surface area contributed by atoms with E-state index in [2.05, 4.69) is 16.4 Å². The van der Waals surface area contributed by atoms with Crippen molar-refractivity contribution in [1.82, 2.24) is 0 Å². The molecule has 0 spiro atoms. The predicted octanol–water partition coefficient (Wildman–Crippen LogP) is -1.55. The van der Waals surface area contributed by atoms with Crippen molar-refractivity contribution >= 4 is 53.4 Å². The lowest BCUT2D eigenvalue weighted by Crippen LogP contribution is -2.53. The first-order valence-corrected chi connectivity index (χ1v) is 13.7. The Morgan fingerprint density at radius 2 is 1.14 bits per heavy atom. The molecular formula is C10H14BO14S4-. The molecule has 166 valence electrons. The molecule has 1 N–H and O–H groups in total. The summed E-state index contributed by atoms with van der Waals surface area (Å²) in [6.07, 6.45) is 0.839. The second-order valence-corrected chi connectivity index (χ2v) is 11.7. The largest absolute Gasteiger partial charge is 0.586 e. The maximum atomic E-state index is 12.5. The van der Waals surface area contributed by atoms with Crippen LogP contribution in [0.4, 0.5) is 0 Å². The highest BCUT2D eigenvalue weighted by molar-refractivity contribution is 7.91. The third-order valence-corrected chi connectivity index (χ3v) is 5.65. The van der Waals surface area contributed by atoms with Crippen molar-refractivity contribution in [3.8, 4) is 0 Å². The number of benzene rings is 1. The van der Waals surface area contributed by atoms with Crippen LogP contribution in [0.25, 0.3) is 0 Å². The molecule has 0 aliphatic heterocycles. The monoisotopic (exact) mass is 497 g/mol. The van der Waals surface area contributed by atoms with Gasteiger partial charge in [0.1, 0.15) is 4.90 Å². The molecule has 0 atom stereocenters. The molecular weight excluding hydrogens is 483 g/mol. The first-order valence-electron chi connectivity index (χ1n) is 6.88. The molecule has 0 saturated heterocycles. The van der Waals surface area contributed by atoms with E-state index < -0.39 is 63.9 Å². The molecule has 0 fully saturated rings. The van der Waals surface area contributed by atoms with Gasteiger partial charge in [0.2, 0.25) is 30.4 Å². The van der Waals surface area contributed by atoms with Gasteiger partial charge in [-0.3, -0.25) is 0 Å². The molecule has 0 saturated carbocycles. The summed E-state index contributed by atoms with van der Waals surface area (Å²) in [5.41, 5.74) is -0.879. The number of hydrogen-bond donors (Lipinski definition) is 1. The molecule has 29 heavy (non-hydrogen) atoms. The third-order valence-electron chi connectivity index (χ3n) is 2.51. The second kappa shape index (κ2) is 8.26. The number of carboxylic acids is 1. The molecule has 19 heteroatoms. The number of aromatic carboxylic acids is 1. The summed E-state index contributed by atoms with van der Waals surface area (Å²) in [6, 6.07) is 3.69. The zero-order valence-corrected chi connectivity index (χ0v) is 18.0. The summed E-state index contributed by atoms with van der Waals surface area (Å²) in [5.74, 6) is -1.76. The van der Waals surface area contributed by atoms with Crippen LogP contribution in [-0.4, -0.2) is 70.5 Å². The van der Waals surface area contributed by atoms with Crippen molar-refractivity contribution in [2.75, 3.05) is 18.8 Å². The number of carbonyl (C=O) groups is 1. The van der Waals surface area contributed by atoms with E-state index in [4.69, 9.17) is 5.11 Å². The SMILES string of the molecule is CS(=O)(=O)O[B-](OS(C)(=O)=O)(OS(C)(=O)=O)OS(=O)(=O)c1ccccc1C(=O)O. The number of carboxylic acid groups (broad SMARTS) is 1. The minimum atomic E-state index is -5.43. The van der Waals surface area contributed by atoms with E-state index in [0.29, 0.717) is 6.07 Å². The molecule has 0 amide bonds. The normalized spacial score (nSPS) is 13.9. The van der Waals surface area contributed by atoms with Gasteiger partial charge in [-0.15, -0.1) is 0 Å². The summed E-state index contributed by atoms with van der Waals surface area (Å²) in [5, 5.41) is 9.09. The van der Waals surface area contributed by atoms with Gasteiger partial charge in [-0.25, -0.2) is 30.0 Å². The Bertz CT molecular complexity index is 1130. The average molecular weight is 497 g/mol. The maximum absolute atomic E-state index is 12.5. The Morgan fingerprint density at radius 1 is 0.759 bits per heavy atom. The third kappa shape index (κ3) is 8.34. The van der Waals surface area contributed by atoms with Crippen LogP contribution in [0.5, 0.6) is 0 Å². The van der Waals surface area contributed by atoms with E-state index in [0.717, 1.165) is 18.2 Å². The lowest BCUT2D eigenvalue weighted by molar-refractivity contribution is 0.0691. The summed E-state index contributed by atoms with van der Waals surface area (Å²) < 4.78 is 111. The molecule has 0 radical (unpaired) electrons. The molecule has 1 aromatic carbocycles. The van der Waals surface area contributed by atoms with Crippen LogP contribution in [0.15, 0.2) is 29.2 Å². The topological polar surface area (TPSA) is 211 Å². The second-order valence-electron chi connectivity index (χ2n) is 5.33. The van der Waals surface area contributed by atoms with Crippen molar-refractivity contribution in [2.24, 2.45) is 0 Å². The zero-order valence-electron chi connectivity index (χ0n) is 14.8. The van der Waals surface area contributed by atoms with E-state index in [1.807, 2.05) is 0 Å². The minimum Gasteiger partial charge on any atom is -0.478 e. The highest BCUT2D eigenvalue weighted by Crippen LogP contribution is 2.27. The van der Waals surface area contributed by atoms with Gasteiger partial charge in [-0.1, -0.05) is 12.1 Å². The van der Waals surface area contributed by atoms with Gasteiger partial charge < -0.3 is 21.5 Å². The van der Waals surface area contributed by atoms with Gasteiger partial charge in [-0.2, -0.15) is 8.42 Å². The van der Waals surface area contributed by atoms with Crippen molar-refractivity contribution < 1.29 is 60.0 Å².